The highest BCUT2D eigenvalue weighted by Gasteiger charge is 2.17. The molecule has 4 nitrogen and oxygen atoms in total. The quantitative estimate of drug-likeness (QED) is 0.759. The van der Waals surface area contributed by atoms with Crippen LogP contribution in [0.3, 0.4) is 0 Å². The van der Waals surface area contributed by atoms with Gasteiger partial charge in [-0.1, -0.05) is 30.9 Å². The van der Waals surface area contributed by atoms with E-state index in [9.17, 15) is 4.79 Å². The molecule has 0 radical (unpaired) electrons. The molecular weight excluding hydrogens is 298 g/mol. The Labute approximate surface area is 145 Å². The number of carbonyl (C=O) groups excluding carboxylic acids is 1. The highest BCUT2D eigenvalue weighted by atomic mass is 16.1. The first-order valence-electron chi connectivity index (χ1n) is 9.50. The van der Waals surface area contributed by atoms with Gasteiger partial charge in [0.2, 0.25) is 0 Å². The van der Waals surface area contributed by atoms with E-state index < -0.39 is 0 Å². The number of rotatable bonds is 6. The van der Waals surface area contributed by atoms with Crippen molar-refractivity contribution in [1.29, 1.82) is 0 Å². The van der Waals surface area contributed by atoms with Gasteiger partial charge in [0.05, 0.1) is 0 Å². The van der Waals surface area contributed by atoms with Crippen molar-refractivity contribution in [3.8, 4) is 0 Å². The highest BCUT2D eigenvalue weighted by molar-refractivity contribution is 5.93. The summed E-state index contributed by atoms with van der Waals surface area (Å²) in [6, 6.07) is 4.13. The Morgan fingerprint density at radius 2 is 2.04 bits per heavy atom. The smallest absolute Gasteiger partial charge is 0.270 e. The van der Waals surface area contributed by atoms with Gasteiger partial charge >= 0.3 is 0 Å². The third-order valence-electron chi connectivity index (χ3n) is 5.09. The van der Waals surface area contributed by atoms with Crippen LogP contribution >= 0.6 is 0 Å². The van der Waals surface area contributed by atoms with E-state index in [-0.39, 0.29) is 5.91 Å². The monoisotopic (exact) mass is 327 g/mol. The molecule has 1 aromatic rings. The van der Waals surface area contributed by atoms with Crippen LogP contribution < -0.4 is 10.6 Å². The van der Waals surface area contributed by atoms with Gasteiger partial charge in [0.15, 0.2) is 0 Å². The number of aromatic nitrogens is 1. The zero-order valence-electron chi connectivity index (χ0n) is 14.5. The molecule has 0 bridgehead atoms. The second-order valence-corrected chi connectivity index (χ2v) is 7.02. The van der Waals surface area contributed by atoms with Crippen LogP contribution in [0.5, 0.6) is 0 Å². The van der Waals surface area contributed by atoms with Gasteiger partial charge in [0.1, 0.15) is 5.69 Å². The Morgan fingerprint density at radius 1 is 1.17 bits per heavy atom. The van der Waals surface area contributed by atoms with Crippen molar-refractivity contribution in [2.24, 2.45) is 0 Å². The molecule has 4 heteroatoms. The average Bonchev–Trinajstić information content (AvgIpc) is 2.64. The molecule has 2 aliphatic rings. The van der Waals surface area contributed by atoms with Crippen LogP contribution in [0.4, 0.5) is 5.69 Å². The van der Waals surface area contributed by atoms with Crippen LogP contribution in [0.1, 0.15) is 74.7 Å². The number of nitrogens with one attached hydrogen (secondary N) is 2. The van der Waals surface area contributed by atoms with Crippen molar-refractivity contribution in [2.75, 3.05) is 11.9 Å². The first kappa shape index (κ1) is 17.0. The lowest BCUT2D eigenvalue weighted by atomic mass is 9.95. The minimum atomic E-state index is -0.0412. The summed E-state index contributed by atoms with van der Waals surface area (Å²) in [6.45, 7) is 0.916. The standard InChI is InChI=1S/C20H29N3O/c24-20(23-17-9-5-2-6-10-17)19-15-18(12-14-22-19)21-13-11-16-7-3-1-4-8-16/h7,12,14-15,17H,1-6,8-11,13H2,(H,21,22)(H,23,24). The summed E-state index contributed by atoms with van der Waals surface area (Å²) >= 11 is 0. The molecule has 2 N–H and O–H groups in total. The lowest BCUT2D eigenvalue weighted by molar-refractivity contribution is 0.0922. The second-order valence-electron chi connectivity index (χ2n) is 7.02. The summed E-state index contributed by atoms with van der Waals surface area (Å²) in [5.74, 6) is -0.0412. The van der Waals surface area contributed by atoms with Crippen LogP contribution in [0, 0.1) is 0 Å². The molecule has 130 valence electrons. The third-order valence-corrected chi connectivity index (χ3v) is 5.09. The van der Waals surface area contributed by atoms with E-state index in [0.717, 1.165) is 31.5 Å². The van der Waals surface area contributed by atoms with E-state index in [0.29, 0.717) is 11.7 Å². The fourth-order valence-corrected chi connectivity index (χ4v) is 3.67. The Kier molecular flexibility index (Phi) is 6.27. The maximum Gasteiger partial charge on any atom is 0.270 e. The van der Waals surface area contributed by atoms with Crippen LogP contribution in [0.25, 0.3) is 0 Å². The number of amides is 1. The minimum absolute atomic E-state index is 0.0412. The molecule has 0 aromatic carbocycles. The summed E-state index contributed by atoms with van der Waals surface area (Å²) in [5, 5.41) is 6.56. The zero-order valence-corrected chi connectivity index (χ0v) is 14.5. The van der Waals surface area contributed by atoms with Crippen molar-refractivity contribution in [3.63, 3.8) is 0 Å². The van der Waals surface area contributed by atoms with Gasteiger partial charge < -0.3 is 10.6 Å². The first-order chi connectivity index (χ1) is 11.8. The molecule has 0 atom stereocenters. The molecule has 2 aliphatic carbocycles. The van der Waals surface area contributed by atoms with Crippen LogP contribution in [-0.4, -0.2) is 23.5 Å². The predicted molar refractivity (Wildman–Crippen MR) is 98.2 cm³/mol. The van der Waals surface area contributed by atoms with Gasteiger partial charge in [-0.3, -0.25) is 9.78 Å². The summed E-state index contributed by atoms with van der Waals surface area (Å²) in [5.41, 5.74) is 3.07. The molecule has 1 heterocycles. The molecule has 0 saturated heterocycles. The van der Waals surface area contributed by atoms with Gasteiger partial charge in [-0.15, -0.1) is 0 Å². The fraction of sp³-hybridized carbons (Fsp3) is 0.600. The van der Waals surface area contributed by atoms with Gasteiger partial charge in [0.25, 0.3) is 5.91 Å². The molecule has 0 unspecified atom stereocenters. The fourth-order valence-electron chi connectivity index (χ4n) is 3.67. The zero-order chi connectivity index (χ0) is 16.6. The van der Waals surface area contributed by atoms with E-state index in [1.165, 1.54) is 44.9 Å². The number of anilines is 1. The summed E-state index contributed by atoms with van der Waals surface area (Å²) < 4.78 is 0. The van der Waals surface area contributed by atoms with Crippen LogP contribution in [0.15, 0.2) is 30.0 Å². The summed E-state index contributed by atoms with van der Waals surface area (Å²) in [4.78, 5) is 16.6. The van der Waals surface area contributed by atoms with Crippen LogP contribution in [0.2, 0.25) is 0 Å². The molecule has 1 fully saturated rings. The maximum atomic E-state index is 12.4. The Bertz CT molecular complexity index is 576. The predicted octanol–water partition coefficient (Wildman–Crippen LogP) is 4.45. The van der Waals surface area contributed by atoms with E-state index in [4.69, 9.17) is 0 Å². The van der Waals surface area contributed by atoms with E-state index in [1.807, 2.05) is 12.1 Å². The molecule has 1 amide bonds. The molecule has 3 rings (SSSR count). The lowest BCUT2D eigenvalue weighted by Gasteiger charge is -2.22. The minimum Gasteiger partial charge on any atom is -0.385 e. The normalized spacial score (nSPS) is 18.8. The summed E-state index contributed by atoms with van der Waals surface area (Å²) in [7, 11) is 0. The van der Waals surface area contributed by atoms with Crippen LogP contribution in [-0.2, 0) is 0 Å². The molecule has 1 aromatic heterocycles. The van der Waals surface area contributed by atoms with Gasteiger partial charge in [0, 0.05) is 24.5 Å². The van der Waals surface area contributed by atoms with Crippen molar-refractivity contribution in [2.45, 2.75) is 70.3 Å². The Morgan fingerprint density at radius 3 is 2.83 bits per heavy atom. The largest absolute Gasteiger partial charge is 0.385 e. The van der Waals surface area contributed by atoms with E-state index in [2.05, 4.69) is 21.7 Å². The lowest BCUT2D eigenvalue weighted by Crippen LogP contribution is -2.36. The van der Waals surface area contributed by atoms with Gasteiger partial charge in [-0.05, 0) is 57.1 Å². The van der Waals surface area contributed by atoms with E-state index in [1.54, 1.807) is 11.8 Å². The number of carbonyl (C=O) groups is 1. The molecular formula is C20H29N3O. The third kappa shape index (κ3) is 5.08. The number of nitrogens with zero attached hydrogens (tertiary/aromatic N) is 1. The Balaban J connectivity index is 1.49. The average molecular weight is 327 g/mol. The Hall–Kier alpha value is -1.84. The first-order valence-corrected chi connectivity index (χ1v) is 9.50. The van der Waals surface area contributed by atoms with Crippen molar-refractivity contribution in [1.82, 2.24) is 10.3 Å². The highest BCUT2D eigenvalue weighted by Crippen LogP contribution is 2.20. The second kappa shape index (κ2) is 8.86. The SMILES string of the molecule is O=C(NC1CCCCC1)c1cc(NCCC2=CCCCC2)ccn1. The van der Waals surface area contributed by atoms with Gasteiger partial charge in [-0.25, -0.2) is 0 Å². The van der Waals surface area contributed by atoms with Crippen molar-refractivity contribution in [3.05, 3.63) is 35.7 Å². The van der Waals surface area contributed by atoms with E-state index >= 15 is 0 Å². The molecule has 24 heavy (non-hydrogen) atoms. The number of hydrogen-bond donors (Lipinski definition) is 2. The number of pyridine rings is 1. The molecule has 0 spiro atoms. The van der Waals surface area contributed by atoms with Crippen molar-refractivity contribution >= 4 is 11.6 Å². The maximum absolute atomic E-state index is 12.4. The molecule has 1 saturated carbocycles. The number of hydrogen-bond acceptors (Lipinski definition) is 3. The topological polar surface area (TPSA) is 54.0 Å². The van der Waals surface area contributed by atoms with Gasteiger partial charge in [-0.2, -0.15) is 0 Å². The summed E-state index contributed by atoms with van der Waals surface area (Å²) in [6.07, 6.45) is 16.3. The number of allylic oxidation sites excluding steroid dienone is 1. The van der Waals surface area contributed by atoms with Crippen molar-refractivity contribution < 1.29 is 4.79 Å². The molecule has 0 aliphatic heterocycles.